The fraction of sp³-hybridized carbons (Fsp3) is 0.312. The zero-order valence-corrected chi connectivity index (χ0v) is 12.8. The van der Waals surface area contributed by atoms with E-state index in [2.05, 4.69) is 15.7 Å². The molecule has 2 aromatic rings. The van der Waals surface area contributed by atoms with Gasteiger partial charge in [-0.1, -0.05) is 12.1 Å². The summed E-state index contributed by atoms with van der Waals surface area (Å²) in [5, 5.41) is 9.52. The van der Waals surface area contributed by atoms with Crippen LogP contribution in [0.5, 0.6) is 0 Å². The molecule has 1 heterocycles. The number of benzene rings is 1. The van der Waals surface area contributed by atoms with E-state index < -0.39 is 0 Å². The summed E-state index contributed by atoms with van der Waals surface area (Å²) in [6, 6.07) is 7.38. The molecule has 0 atom stereocenters. The van der Waals surface area contributed by atoms with Crippen molar-refractivity contribution in [3.05, 3.63) is 53.3 Å². The highest BCUT2D eigenvalue weighted by atomic mass is 16.2. The van der Waals surface area contributed by atoms with Gasteiger partial charge >= 0.3 is 0 Å². The van der Waals surface area contributed by atoms with Gasteiger partial charge in [-0.2, -0.15) is 5.10 Å². The van der Waals surface area contributed by atoms with Crippen LogP contribution in [0.15, 0.2) is 36.7 Å². The summed E-state index contributed by atoms with van der Waals surface area (Å²) in [5.41, 5.74) is 2.18. The van der Waals surface area contributed by atoms with Crippen LogP contribution in [-0.4, -0.2) is 35.2 Å². The van der Waals surface area contributed by atoms with Crippen molar-refractivity contribution >= 4 is 11.8 Å². The normalized spacial score (nSPS) is 10.3. The lowest BCUT2D eigenvalue weighted by molar-refractivity contribution is 0.0948. The van der Waals surface area contributed by atoms with Gasteiger partial charge in [0.1, 0.15) is 0 Å². The van der Waals surface area contributed by atoms with Crippen molar-refractivity contribution in [3.8, 4) is 0 Å². The number of amides is 2. The molecule has 2 N–H and O–H groups in total. The van der Waals surface area contributed by atoms with Gasteiger partial charge in [-0.05, 0) is 31.0 Å². The molecule has 2 rings (SSSR count). The smallest absolute Gasteiger partial charge is 0.254 e. The highest BCUT2D eigenvalue weighted by Crippen LogP contribution is 2.06. The van der Waals surface area contributed by atoms with E-state index in [4.69, 9.17) is 0 Å². The molecular weight excluding hydrogens is 280 g/mol. The van der Waals surface area contributed by atoms with E-state index in [1.807, 2.05) is 25.1 Å². The molecule has 0 aliphatic rings. The van der Waals surface area contributed by atoms with E-state index in [-0.39, 0.29) is 11.8 Å². The van der Waals surface area contributed by atoms with Gasteiger partial charge < -0.3 is 10.6 Å². The molecule has 0 bridgehead atoms. The Labute approximate surface area is 129 Å². The highest BCUT2D eigenvalue weighted by molar-refractivity contribution is 5.94. The molecular formula is C16H20N4O2. The van der Waals surface area contributed by atoms with Crippen molar-refractivity contribution in [1.82, 2.24) is 20.4 Å². The van der Waals surface area contributed by atoms with Crippen molar-refractivity contribution in [2.45, 2.75) is 19.9 Å². The Bertz CT molecular complexity index is 664. The van der Waals surface area contributed by atoms with Crippen molar-refractivity contribution < 1.29 is 9.59 Å². The molecule has 1 aromatic heterocycles. The minimum atomic E-state index is -0.137. The highest BCUT2D eigenvalue weighted by Gasteiger charge is 2.08. The summed E-state index contributed by atoms with van der Waals surface area (Å²) in [4.78, 5) is 23.5. The Kier molecular flexibility index (Phi) is 5.30. The van der Waals surface area contributed by atoms with Crippen LogP contribution in [0.1, 0.15) is 33.2 Å². The molecule has 116 valence electrons. The lowest BCUT2D eigenvalue weighted by atomic mass is 10.1. The van der Waals surface area contributed by atoms with Crippen molar-refractivity contribution in [3.63, 3.8) is 0 Å². The molecule has 0 saturated heterocycles. The lowest BCUT2D eigenvalue weighted by Crippen LogP contribution is -2.25. The fourth-order valence-corrected chi connectivity index (χ4v) is 2.09. The van der Waals surface area contributed by atoms with Crippen LogP contribution in [-0.2, 0) is 13.0 Å². The van der Waals surface area contributed by atoms with E-state index in [0.717, 1.165) is 12.1 Å². The van der Waals surface area contributed by atoms with Crippen LogP contribution in [0.2, 0.25) is 0 Å². The van der Waals surface area contributed by atoms with Crippen LogP contribution < -0.4 is 10.6 Å². The van der Waals surface area contributed by atoms with Crippen LogP contribution in [0.3, 0.4) is 0 Å². The number of aryl methyl sites for hydroxylation is 1. The van der Waals surface area contributed by atoms with E-state index in [9.17, 15) is 9.59 Å². The average molecular weight is 300 g/mol. The lowest BCUT2D eigenvalue weighted by Gasteiger charge is -2.06. The second-order valence-corrected chi connectivity index (χ2v) is 4.87. The molecule has 0 fully saturated rings. The van der Waals surface area contributed by atoms with Gasteiger partial charge in [0, 0.05) is 31.9 Å². The Morgan fingerprint density at radius 3 is 2.73 bits per heavy atom. The number of carbonyl (C=O) groups is 2. The molecule has 6 heteroatoms. The van der Waals surface area contributed by atoms with Gasteiger partial charge in [0.25, 0.3) is 11.8 Å². The minimum absolute atomic E-state index is 0.113. The maximum atomic E-state index is 12.0. The summed E-state index contributed by atoms with van der Waals surface area (Å²) < 4.78 is 1.71. The largest absolute Gasteiger partial charge is 0.355 e. The van der Waals surface area contributed by atoms with E-state index in [0.29, 0.717) is 24.1 Å². The Balaban J connectivity index is 1.88. The minimum Gasteiger partial charge on any atom is -0.355 e. The third kappa shape index (κ3) is 3.94. The molecule has 0 saturated carbocycles. The van der Waals surface area contributed by atoms with Crippen LogP contribution in [0, 0.1) is 0 Å². The fourth-order valence-electron chi connectivity index (χ4n) is 2.09. The summed E-state index contributed by atoms with van der Waals surface area (Å²) in [6.07, 6.45) is 3.95. The summed E-state index contributed by atoms with van der Waals surface area (Å²) in [5.74, 6) is -0.250. The molecule has 0 aliphatic heterocycles. The first-order valence-electron chi connectivity index (χ1n) is 7.25. The monoisotopic (exact) mass is 300 g/mol. The number of carbonyl (C=O) groups excluding carboxylic acids is 2. The van der Waals surface area contributed by atoms with Gasteiger partial charge in [0.05, 0.1) is 11.8 Å². The average Bonchev–Trinajstić information content (AvgIpc) is 3.03. The van der Waals surface area contributed by atoms with Gasteiger partial charge in [0.2, 0.25) is 0 Å². The first kappa shape index (κ1) is 15.8. The van der Waals surface area contributed by atoms with Gasteiger partial charge in [-0.15, -0.1) is 0 Å². The number of hydrogen-bond acceptors (Lipinski definition) is 3. The third-order valence-electron chi connectivity index (χ3n) is 3.33. The van der Waals surface area contributed by atoms with Crippen molar-refractivity contribution in [1.29, 1.82) is 0 Å². The molecule has 1 aromatic carbocycles. The van der Waals surface area contributed by atoms with E-state index in [1.54, 1.807) is 30.2 Å². The molecule has 6 nitrogen and oxygen atoms in total. The molecule has 0 spiro atoms. The third-order valence-corrected chi connectivity index (χ3v) is 3.33. The second-order valence-electron chi connectivity index (χ2n) is 4.87. The first-order chi connectivity index (χ1) is 10.6. The molecule has 0 unspecified atom stereocenters. The zero-order chi connectivity index (χ0) is 15.9. The van der Waals surface area contributed by atoms with Gasteiger partial charge in [0.15, 0.2) is 0 Å². The first-order valence-corrected chi connectivity index (χ1v) is 7.25. The van der Waals surface area contributed by atoms with Crippen LogP contribution in [0.25, 0.3) is 0 Å². The summed E-state index contributed by atoms with van der Waals surface area (Å²) >= 11 is 0. The predicted molar refractivity (Wildman–Crippen MR) is 83.8 cm³/mol. The topological polar surface area (TPSA) is 76.0 Å². The summed E-state index contributed by atoms with van der Waals surface area (Å²) in [6.45, 7) is 3.21. The number of hydrogen-bond donors (Lipinski definition) is 2. The molecule has 0 radical (unpaired) electrons. The number of nitrogens with zero attached hydrogens (tertiary/aromatic N) is 2. The Morgan fingerprint density at radius 1 is 1.23 bits per heavy atom. The quantitative estimate of drug-likeness (QED) is 0.842. The van der Waals surface area contributed by atoms with E-state index in [1.165, 1.54) is 0 Å². The second kappa shape index (κ2) is 7.40. The molecule has 2 amide bonds. The van der Waals surface area contributed by atoms with E-state index >= 15 is 0 Å². The Hall–Kier alpha value is -2.63. The number of rotatable bonds is 6. The van der Waals surface area contributed by atoms with Gasteiger partial charge in [-0.3, -0.25) is 14.3 Å². The van der Waals surface area contributed by atoms with Crippen molar-refractivity contribution in [2.75, 3.05) is 13.6 Å². The van der Waals surface area contributed by atoms with Crippen LogP contribution in [0.4, 0.5) is 0 Å². The van der Waals surface area contributed by atoms with Crippen LogP contribution >= 0.6 is 0 Å². The summed E-state index contributed by atoms with van der Waals surface area (Å²) in [7, 11) is 1.60. The predicted octanol–water partition coefficient (Wildman–Crippen LogP) is 1.24. The SMILES string of the molecule is CCn1cc(C(=O)NCCc2cccc(C(=O)NC)c2)cn1. The molecule has 22 heavy (non-hydrogen) atoms. The maximum absolute atomic E-state index is 12.0. The maximum Gasteiger partial charge on any atom is 0.254 e. The molecule has 0 aliphatic carbocycles. The Morgan fingerprint density at radius 2 is 2.05 bits per heavy atom. The van der Waals surface area contributed by atoms with Gasteiger partial charge in [-0.25, -0.2) is 0 Å². The van der Waals surface area contributed by atoms with Crippen molar-refractivity contribution in [2.24, 2.45) is 0 Å². The zero-order valence-electron chi connectivity index (χ0n) is 12.8. The number of aromatic nitrogens is 2. The standard InChI is InChI=1S/C16H20N4O2/c1-3-20-11-14(10-19-20)16(22)18-8-7-12-5-4-6-13(9-12)15(21)17-2/h4-6,9-11H,3,7-8H2,1-2H3,(H,17,21)(H,18,22). The number of nitrogens with one attached hydrogen (secondary N) is 2.